The predicted octanol–water partition coefficient (Wildman–Crippen LogP) is 3.48. The van der Waals surface area contributed by atoms with Crippen LogP contribution >= 0.6 is 0 Å². The van der Waals surface area contributed by atoms with Gasteiger partial charge in [-0.3, -0.25) is 0 Å². The lowest BCUT2D eigenvalue weighted by molar-refractivity contribution is -0.144. The number of hydrogen-bond acceptors (Lipinski definition) is 3. The van der Waals surface area contributed by atoms with Gasteiger partial charge in [0.1, 0.15) is 6.10 Å². The summed E-state index contributed by atoms with van der Waals surface area (Å²) in [5.41, 5.74) is 0.722. The molecular weight excluding hydrogens is 256 g/mol. The molecule has 4 heteroatoms. The predicted molar refractivity (Wildman–Crippen MR) is 77.3 cm³/mol. The van der Waals surface area contributed by atoms with Crippen LogP contribution < -0.4 is 0 Å². The summed E-state index contributed by atoms with van der Waals surface area (Å²) in [6.45, 7) is 6.86. The Hall–Kier alpha value is -1.58. The minimum atomic E-state index is -0.981. The molecule has 0 heterocycles. The van der Waals surface area contributed by atoms with Crippen LogP contribution in [-0.4, -0.2) is 23.1 Å². The minimum Gasteiger partial charge on any atom is -0.478 e. The van der Waals surface area contributed by atoms with Gasteiger partial charge in [0.2, 0.25) is 0 Å². The van der Waals surface area contributed by atoms with Crippen molar-refractivity contribution in [2.45, 2.75) is 57.5 Å². The summed E-state index contributed by atoms with van der Waals surface area (Å²) < 4.78 is 5.45. The van der Waals surface area contributed by atoms with Gasteiger partial charge in [-0.15, -0.1) is 0 Å². The van der Waals surface area contributed by atoms with Crippen molar-refractivity contribution in [2.75, 3.05) is 0 Å². The number of carbonyl (C=O) groups excluding carboxylic acids is 1. The maximum atomic E-state index is 11.8. The Labute approximate surface area is 120 Å². The SMILES string of the molecule is C=C(C(=O)OC1CCCC1)C1CCCC1.C=CC(=O)O. The Morgan fingerprint density at radius 1 is 1.05 bits per heavy atom. The molecular formula is C16H24O4. The normalized spacial score (nSPS) is 19.0. The number of esters is 1. The number of carbonyl (C=O) groups is 2. The van der Waals surface area contributed by atoms with Gasteiger partial charge in [0.25, 0.3) is 0 Å². The van der Waals surface area contributed by atoms with Crippen LogP contribution in [0.4, 0.5) is 0 Å². The third-order valence-corrected chi connectivity index (χ3v) is 3.86. The van der Waals surface area contributed by atoms with Gasteiger partial charge >= 0.3 is 11.9 Å². The molecule has 2 fully saturated rings. The number of aliphatic carboxylic acids is 1. The molecule has 0 atom stereocenters. The Morgan fingerprint density at radius 2 is 1.50 bits per heavy atom. The van der Waals surface area contributed by atoms with Crippen LogP contribution in [0.15, 0.2) is 24.8 Å². The molecule has 0 aromatic carbocycles. The first-order chi connectivity index (χ1) is 9.54. The van der Waals surface area contributed by atoms with Gasteiger partial charge in [-0.2, -0.15) is 0 Å². The zero-order valence-corrected chi connectivity index (χ0v) is 12.0. The zero-order valence-electron chi connectivity index (χ0n) is 12.0. The fourth-order valence-corrected chi connectivity index (χ4v) is 2.67. The fraction of sp³-hybridized carbons (Fsp3) is 0.625. The lowest BCUT2D eigenvalue weighted by atomic mass is 9.99. The van der Waals surface area contributed by atoms with Crippen molar-refractivity contribution in [2.24, 2.45) is 5.92 Å². The molecule has 0 amide bonds. The Morgan fingerprint density at radius 3 is 1.95 bits per heavy atom. The third-order valence-electron chi connectivity index (χ3n) is 3.86. The van der Waals surface area contributed by atoms with E-state index in [0.717, 1.165) is 37.3 Å². The first-order valence-electron chi connectivity index (χ1n) is 7.29. The average molecular weight is 280 g/mol. The maximum Gasteiger partial charge on any atom is 0.333 e. The molecule has 2 aliphatic carbocycles. The molecule has 2 saturated carbocycles. The number of carboxylic acids is 1. The van der Waals surface area contributed by atoms with Crippen LogP contribution in [0.2, 0.25) is 0 Å². The van der Waals surface area contributed by atoms with E-state index < -0.39 is 5.97 Å². The van der Waals surface area contributed by atoms with Gasteiger partial charge in [0.05, 0.1) is 0 Å². The maximum absolute atomic E-state index is 11.8. The van der Waals surface area contributed by atoms with E-state index in [-0.39, 0.29) is 12.1 Å². The molecule has 1 N–H and O–H groups in total. The van der Waals surface area contributed by atoms with Crippen molar-refractivity contribution in [1.29, 1.82) is 0 Å². The van der Waals surface area contributed by atoms with Crippen LogP contribution in [0, 0.1) is 5.92 Å². The van der Waals surface area contributed by atoms with E-state index in [4.69, 9.17) is 9.84 Å². The molecule has 0 spiro atoms. The molecule has 2 aliphatic rings. The van der Waals surface area contributed by atoms with Gasteiger partial charge in [0, 0.05) is 11.6 Å². The van der Waals surface area contributed by atoms with Crippen molar-refractivity contribution in [3.05, 3.63) is 24.8 Å². The van der Waals surface area contributed by atoms with E-state index in [1.807, 2.05) is 0 Å². The highest BCUT2D eigenvalue weighted by atomic mass is 16.5. The number of rotatable bonds is 4. The van der Waals surface area contributed by atoms with Gasteiger partial charge in [0.15, 0.2) is 0 Å². The van der Waals surface area contributed by atoms with Crippen LogP contribution in [0.5, 0.6) is 0 Å². The number of carboxylic acid groups (broad SMARTS) is 1. The van der Waals surface area contributed by atoms with Crippen LogP contribution in [0.1, 0.15) is 51.4 Å². The number of hydrogen-bond donors (Lipinski definition) is 1. The molecule has 20 heavy (non-hydrogen) atoms. The molecule has 0 aliphatic heterocycles. The van der Waals surface area contributed by atoms with Crippen LogP contribution in [0.3, 0.4) is 0 Å². The van der Waals surface area contributed by atoms with E-state index in [2.05, 4.69) is 13.2 Å². The first-order valence-corrected chi connectivity index (χ1v) is 7.29. The number of ether oxygens (including phenoxy) is 1. The van der Waals surface area contributed by atoms with Gasteiger partial charge in [-0.1, -0.05) is 26.0 Å². The summed E-state index contributed by atoms with van der Waals surface area (Å²) in [6.07, 6.45) is 10.2. The van der Waals surface area contributed by atoms with Crippen molar-refractivity contribution in [3.63, 3.8) is 0 Å². The smallest absolute Gasteiger partial charge is 0.333 e. The minimum absolute atomic E-state index is 0.131. The van der Waals surface area contributed by atoms with Gasteiger partial charge in [-0.05, 0) is 44.4 Å². The second kappa shape index (κ2) is 8.56. The fourth-order valence-electron chi connectivity index (χ4n) is 2.67. The van der Waals surface area contributed by atoms with Crippen molar-refractivity contribution >= 4 is 11.9 Å². The van der Waals surface area contributed by atoms with Crippen molar-refractivity contribution < 1.29 is 19.4 Å². The Bertz CT molecular complexity index is 361. The molecule has 0 aromatic heterocycles. The summed E-state index contributed by atoms with van der Waals surface area (Å²) in [7, 11) is 0. The summed E-state index contributed by atoms with van der Waals surface area (Å²) in [5.74, 6) is -0.710. The Balaban J connectivity index is 0.000000347. The van der Waals surface area contributed by atoms with E-state index in [1.54, 1.807) is 0 Å². The standard InChI is InChI=1S/C13H20O2.C3H4O2/c1-10(11-6-2-3-7-11)13(14)15-12-8-4-5-9-12;1-2-3(4)5/h11-12H,1-9H2;2H,1H2,(H,4,5). The molecule has 0 unspecified atom stereocenters. The molecule has 0 radical (unpaired) electrons. The lowest BCUT2D eigenvalue weighted by Gasteiger charge is -2.15. The Kier molecular flexibility index (Phi) is 7.05. The molecule has 0 aromatic rings. The molecule has 112 valence electrons. The first kappa shape index (κ1) is 16.5. The summed E-state index contributed by atoms with van der Waals surface area (Å²) in [4.78, 5) is 21.0. The topological polar surface area (TPSA) is 63.6 Å². The van der Waals surface area contributed by atoms with Crippen LogP contribution in [0.25, 0.3) is 0 Å². The highest BCUT2D eigenvalue weighted by molar-refractivity contribution is 5.88. The highest BCUT2D eigenvalue weighted by Crippen LogP contribution is 2.31. The second-order valence-corrected chi connectivity index (χ2v) is 5.36. The average Bonchev–Trinajstić information content (AvgIpc) is 3.11. The van der Waals surface area contributed by atoms with Crippen LogP contribution in [-0.2, 0) is 14.3 Å². The van der Waals surface area contributed by atoms with Crippen molar-refractivity contribution in [1.82, 2.24) is 0 Å². The third kappa shape index (κ3) is 5.59. The second-order valence-electron chi connectivity index (χ2n) is 5.36. The summed E-state index contributed by atoms with van der Waals surface area (Å²) >= 11 is 0. The van der Waals surface area contributed by atoms with E-state index >= 15 is 0 Å². The summed E-state index contributed by atoms with van der Waals surface area (Å²) in [5, 5.41) is 7.60. The molecule has 4 nitrogen and oxygen atoms in total. The largest absolute Gasteiger partial charge is 0.478 e. The van der Waals surface area contributed by atoms with E-state index in [1.165, 1.54) is 25.7 Å². The monoisotopic (exact) mass is 280 g/mol. The lowest BCUT2D eigenvalue weighted by Crippen LogP contribution is -2.19. The van der Waals surface area contributed by atoms with Gasteiger partial charge in [-0.25, -0.2) is 9.59 Å². The summed E-state index contributed by atoms with van der Waals surface area (Å²) in [6, 6.07) is 0. The molecule has 0 bridgehead atoms. The molecule has 2 rings (SSSR count). The van der Waals surface area contributed by atoms with Crippen molar-refractivity contribution in [3.8, 4) is 0 Å². The van der Waals surface area contributed by atoms with E-state index in [0.29, 0.717) is 5.92 Å². The quantitative estimate of drug-likeness (QED) is 0.632. The molecule has 0 saturated heterocycles. The highest BCUT2D eigenvalue weighted by Gasteiger charge is 2.26. The zero-order chi connectivity index (χ0) is 15.0. The van der Waals surface area contributed by atoms with E-state index in [9.17, 15) is 9.59 Å². The van der Waals surface area contributed by atoms with Gasteiger partial charge < -0.3 is 9.84 Å².